The van der Waals surface area contributed by atoms with E-state index in [0.29, 0.717) is 25.7 Å². The van der Waals surface area contributed by atoms with Crippen molar-refractivity contribution in [3.05, 3.63) is 122 Å². The molecule has 4 amide bonds. The summed E-state index contributed by atoms with van der Waals surface area (Å²) in [6.07, 6.45) is -2.82. The quantitative estimate of drug-likeness (QED) is 0.136. The molecular formula is C53H55F3N4O6. The van der Waals surface area contributed by atoms with Gasteiger partial charge in [-0.2, -0.15) is 23.3 Å². The average molecular weight is 901 g/mol. The largest absolute Gasteiger partial charge is 0.402 e. The van der Waals surface area contributed by atoms with Crippen molar-refractivity contribution in [2.75, 3.05) is 11.9 Å². The number of hydrogen-bond donors (Lipinski definition) is 2. The molecule has 2 fully saturated rings. The fraction of sp³-hybridized carbons (Fsp3) is 0.396. The molecule has 0 radical (unpaired) electrons. The Bertz CT molecular complexity index is 3130. The number of benzene rings is 5. The predicted molar refractivity (Wildman–Crippen MR) is 247 cm³/mol. The van der Waals surface area contributed by atoms with E-state index in [1.807, 2.05) is 74.4 Å². The van der Waals surface area contributed by atoms with Gasteiger partial charge < -0.3 is 10.4 Å². The van der Waals surface area contributed by atoms with Gasteiger partial charge in [0.15, 0.2) is 0 Å². The van der Waals surface area contributed by atoms with Gasteiger partial charge in [-0.3, -0.25) is 24.1 Å². The Balaban J connectivity index is 1.27. The number of carbonyl (C=O) groups excluding carboxylic acids is 4. The first-order valence-corrected chi connectivity index (χ1v) is 22.3. The van der Waals surface area contributed by atoms with Crippen LogP contribution >= 0.6 is 0 Å². The molecule has 0 bridgehead atoms. The van der Waals surface area contributed by atoms with Gasteiger partial charge in [0.25, 0.3) is 23.6 Å². The van der Waals surface area contributed by atoms with Gasteiger partial charge in [0.2, 0.25) is 0 Å². The fourth-order valence-corrected chi connectivity index (χ4v) is 11.7. The van der Waals surface area contributed by atoms with Gasteiger partial charge in [0.1, 0.15) is 5.41 Å². The van der Waals surface area contributed by atoms with Crippen LogP contribution < -0.4 is 15.3 Å². The molecule has 344 valence electrons. The molecule has 13 heteroatoms. The van der Waals surface area contributed by atoms with Crippen molar-refractivity contribution in [2.45, 2.75) is 129 Å². The number of rotatable bonds is 3. The molecule has 5 aromatic carbocycles. The Morgan fingerprint density at radius 1 is 0.515 bits per heavy atom. The number of fused-ring (bicyclic) bond motifs is 4. The number of amides is 4. The van der Waals surface area contributed by atoms with Crippen LogP contribution in [0.15, 0.2) is 72.8 Å². The summed E-state index contributed by atoms with van der Waals surface area (Å²) in [6, 6.07) is 18.9. The topological polar surface area (TPSA) is 122 Å². The van der Waals surface area contributed by atoms with Crippen molar-refractivity contribution in [1.29, 1.82) is 0 Å². The lowest BCUT2D eigenvalue weighted by Crippen LogP contribution is -2.57. The third kappa shape index (κ3) is 6.52. The molecular weight excluding hydrogens is 846 g/mol. The highest BCUT2D eigenvalue weighted by Gasteiger charge is 2.55. The lowest BCUT2D eigenvalue weighted by molar-refractivity contribution is -0.228. The van der Waals surface area contributed by atoms with Crippen LogP contribution in [-0.4, -0.2) is 84.4 Å². The molecule has 4 aliphatic rings. The summed E-state index contributed by atoms with van der Waals surface area (Å²) in [5.41, 5.74) is -2.81. The molecule has 1 unspecified atom stereocenters. The Morgan fingerprint density at radius 3 is 1.38 bits per heavy atom. The molecule has 0 spiro atoms. The third-order valence-electron chi connectivity index (χ3n) is 14.8. The Kier molecular flexibility index (Phi) is 9.90. The molecule has 10 nitrogen and oxygen atoms in total. The maximum atomic E-state index is 15.4. The van der Waals surface area contributed by atoms with E-state index in [1.54, 1.807) is 6.07 Å². The summed E-state index contributed by atoms with van der Waals surface area (Å²) in [4.78, 5) is 56.5. The zero-order valence-electron chi connectivity index (χ0n) is 39.2. The Labute approximate surface area is 381 Å². The van der Waals surface area contributed by atoms with Gasteiger partial charge in [-0.15, -0.1) is 0 Å². The Hall–Kier alpha value is -5.73. The SMILES string of the molecule is Cc1ccc2c(=C3CC(C)(C)N(O)C(C)(C)C3)c3cc(N4C(=O)c5ccc(C(C)(c6ccc7c(c6)C(=O)N(C)C7=O)C(F)(F)F)cc5C4=O)ccc3c(=C3CC(C)(C)N(O)C(C)(C)C3)c2c1. The van der Waals surface area contributed by atoms with Gasteiger partial charge in [-0.05, 0) is 174 Å². The smallest absolute Gasteiger partial charge is 0.313 e. The Morgan fingerprint density at radius 2 is 0.909 bits per heavy atom. The van der Waals surface area contributed by atoms with E-state index in [-0.39, 0.29) is 39.1 Å². The standard InChI is InChI=1S/C53H55F3N4O6/c1-28-12-16-34-38(20-28)42(29-24-48(2,3)59(65)49(4,5)25-29)35-19-15-33(23-39(35)43(34)30-26-50(6,7)60(66)51(8,9)27-30)58-46(63)37-18-14-32(22-41(37)47(58)64)52(10,53(54,55)56)31-13-17-36-40(21-31)45(62)57(11)44(36)61/h12-23,65-66H,24-27H2,1-11H3. The molecule has 66 heavy (non-hydrogen) atoms. The number of hydrogen-bond acceptors (Lipinski definition) is 8. The predicted octanol–water partition coefficient (Wildman–Crippen LogP) is 9.58. The average Bonchev–Trinajstić information content (AvgIpc) is 3.61. The number of nitrogens with zero attached hydrogens (tertiary/aromatic N) is 4. The fourth-order valence-electron chi connectivity index (χ4n) is 11.7. The zero-order chi connectivity index (χ0) is 48.2. The lowest BCUT2D eigenvalue weighted by atomic mass is 9.74. The molecule has 2 N–H and O–H groups in total. The van der Waals surface area contributed by atoms with E-state index in [9.17, 15) is 29.6 Å². The van der Waals surface area contributed by atoms with Crippen molar-refractivity contribution >= 4 is 62.0 Å². The van der Waals surface area contributed by atoms with E-state index >= 15 is 13.2 Å². The lowest BCUT2D eigenvalue weighted by Gasteiger charge is -2.50. The second-order valence-corrected chi connectivity index (χ2v) is 21.6. The highest BCUT2D eigenvalue weighted by molar-refractivity contribution is 6.34. The number of hydroxylamine groups is 4. The molecule has 1 atom stereocenters. The number of carbonyl (C=O) groups is 4. The van der Waals surface area contributed by atoms with Crippen LogP contribution in [-0.2, 0) is 5.41 Å². The van der Waals surface area contributed by atoms with Crippen molar-refractivity contribution in [3.8, 4) is 0 Å². The molecule has 0 saturated carbocycles. The number of imide groups is 2. The van der Waals surface area contributed by atoms with Gasteiger partial charge in [-0.25, -0.2) is 4.90 Å². The van der Waals surface area contributed by atoms with Crippen LogP contribution in [0.1, 0.15) is 146 Å². The van der Waals surface area contributed by atoms with Crippen molar-refractivity contribution in [1.82, 2.24) is 15.0 Å². The molecule has 2 saturated heterocycles. The highest BCUT2D eigenvalue weighted by Crippen LogP contribution is 2.49. The normalized spacial score (nSPS) is 21.6. The molecule has 4 aliphatic heterocycles. The molecule has 0 aromatic heterocycles. The summed E-state index contributed by atoms with van der Waals surface area (Å²) < 4.78 is 46.3. The second-order valence-electron chi connectivity index (χ2n) is 21.6. The molecule has 9 rings (SSSR count). The van der Waals surface area contributed by atoms with Crippen molar-refractivity contribution < 1.29 is 42.8 Å². The minimum atomic E-state index is -4.94. The minimum Gasteiger partial charge on any atom is -0.313 e. The second kappa shape index (κ2) is 14.4. The molecule has 0 aliphatic carbocycles. The summed E-state index contributed by atoms with van der Waals surface area (Å²) in [5.74, 6) is -2.80. The maximum Gasteiger partial charge on any atom is 0.402 e. The molecule has 5 aromatic rings. The minimum absolute atomic E-state index is 0.00131. The van der Waals surface area contributed by atoms with Crippen LogP contribution in [0.5, 0.6) is 0 Å². The van der Waals surface area contributed by atoms with E-state index < -0.39 is 57.4 Å². The number of anilines is 1. The summed E-state index contributed by atoms with van der Waals surface area (Å²) in [6.45, 7) is 19.0. The number of aryl methyl sites for hydroxylation is 1. The maximum absolute atomic E-state index is 15.4. The first kappa shape index (κ1) is 45.4. The van der Waals surface area contributed by atoms with E-state index in [0.717, 1.165) is 77.5 Å². The zero-order valence-corrected chi connectivity index (χ0v) is 39.2. The van der Waals surface area contributed by atoms with Crippen molar-refractivity contribution in [3.63, 3.8) is 0 Å². The van der Waals surface area contributed by atoms with Crippen LogP contribution in [0, 0.1) is 6.92 Å². The summed E-state index contributed by atoms with van der Waals surface area (Å²) >= 11 is 0. The van der Waals surface area contributed by atoms with Gasteiger partial charge >= 0.3 is 6.18 Å². The number of alkyl halides is 3. The van der Waals surface area contributed by atoms with Crippen LogP contribution in [0.2, 0.25) is 0 Å². The van der Waals surface area contributed by atoms with Crippen LogP contribution in [0.4, 0.5) is 18.9 Å². The van der Waals surface area contributed by atoms with Crippen molar-refractivity contribution in [2.24, 2.45) is 0 Å². The van der Waals surface area contributed by atoms with E-state index in [1.165, 1.54) is 41.4 Å². The number of halogens is 3. The first-order valence-electron chi connectivity index (χ1n) is 22.3. The van der Waals surface area contributed by atoms with Gasteiger partial charge in [0, 0.05) is 29.2 Å². The summed E-state index contributed by atoms with van der Waals surface area (Å²) in [7, 11) is 1.27. The third-order valence-corrected chi connectivity index (χ3v) is 14.8. The van der Waals surface area contributed by atoms with E-state index in [4.69, 9.17) is 0 Å². The highest BCUT2D eigenvalue weighted by atomic mass is 19.4. The monoisotopic (exact) mass is 900 g/mol. The summed E-state index contributed by atoms with van der Waals surface area (Å²) in [5, 5.41) is 31.2. The van der Waals surface area contributed by atoms with E-state index in [2.05, 4.69) is 18.2 Å². The van der Waals surface area contributed by atoms with Gasteiger partial charge in [-0.1, -0.05) is 53.1 Å². The molecule has 4 heterocycles. The van der Waals surface area contributed by atoms with Crippen LogP contribution in [0.25, 0.3) is 32.7 Å². The number of piperidine rings is 2. The van der Waals surface area contributed by atoms with Gasteiger partial charge in [0.05, 0.1) is 27.9 Å². The first-order chi connectivity index (χ1) is 30.5. The van der Waals surface area contributed by atoms with Crippen LogP contribution in [0.3, 0.4) is 0 Å².